The van der Waals surface area contributed by atoms with Crippen molar-refractivity contribution in [3.63, 3.8) is 0 Å². The van der Waals surface area contributed by atoms with E-state index >= 15 is 0 Å². The number of ether oxygens (including phenoxy) is 2. The van der Waals surface area contributed by atoms with Gasteiger partial charge in [-0.15, -0.1) is 0 Å². The second-order valence-corrected chi connectivity index (χ2v) is 6.01. The van der Waals surface area contributed by atoms with Gasteiger partial charge in [0.1, 0.15) is 5.75 Å². The summed E-state index contributed by atoms with van der Waals surface area (Å²) in [7, 11) is 1.77. The van der Waals surface area contributed by atoms with Crippen LogP contribution in [0.3, 0.4) is 0 Å². The van der Waals surface area contributed by atoms with E-state index in [9.17, 15) is 0 Å². The highest BCUT2D eigenvalue weighted by Gasteiger charge is 2.24. The highest BCUT2D eigenvalue weighted by atomic mass is 16.5. The van der Waals surface area contributed by atoms with E-state index in [0.29, 0.717) is 18.0 Å². The molecule has 1 aromatic rings. The molecule has 2 unspecified atom stereocenters. The van der Waals surface area contributed by atoms with E-state index in [1.165, 1.54) is 11.1 Å². The zero-order chi connectivity index (χ0) is 14.5. The summed E-state index contributed by atoms with van der Waals surface area (Å²) in [6.07, 6.45) is 2.20. The van der Waals surface area contributed by atoms with Crippen molar-refractivity contribution in [1.82, 2.24) is 5.32 Å². The van der Waals surface area contributed by atoms with Gasteiger partial charge in [0, 0.05) is 24.8 Å². The summed E-state index contributed by atoms with van der Waals surface area (Å²) in [5.41, 5.74) is 2.52. The Morgan fingerprint density at radius 2 is 2.20 bits per heavy atom. The van der Waals surface area contributed by atoms with E-state index in [0.717, 1.165) is 31.8 Å². The lowest BCUT2D eigenvalue weighted by molar-refractivity contribution is 0.139. The Bertz CT molecular complexity index is 431. The van der Waals surface area contributed by atoms with Crippen molar-refractivity contribution in [3.05, 3.63) is 29.3 Å². The molecule has 0 spiro atoms. The van der Waals surface area contributed by atoms with E-state index in [-0.39, 0.29) is 0 Å². The molecule has 1 aliphatic heterocycles. The first-order valence-corrected chi connectivity index (χ1v) is 7.60. The Kier molecular flexibility index (Phi) is 5.44. The molecule has 1 aliphatic rings. The van der Waals surface area contributed by atoms with Crippen LogP contribution in [0, 0.1) is 12.8 Å². The average Bonchev–Trinajstić information content (AvgIpc) is 2.62. The number of methoxy groups -OCH3 is 1. The van der Waals surface area contributed by atoms with Gasteiger partial charge in [0.2, 0.25) is 0 Å². The van der Waals surface area contributed by atoms with Crippen LogP contribution in [0.25, 0.3) is 0 Å². The SMILES string of the molecule is COCC(NC1CCCOc2c(C)cccc21)C(C)C. The predicted octanol–water partition coefficient (Wildman–Crippen LogP) is 3.47. The molecule has 0 bridgehead atoms. The zero-order valence-corrected chi connectivity index (χ0v) is 13.1. The second-order valence-electron chi connectivity index (χ2n) is 6.01. The van der Waals surface area contributed by atoms with Gasteiger partial charge in [-0.1, -0.05) is 32.0 Å². The van der Waals surface area contributed by atoms with Crippen LogP contribution in [0.2, 0.25) is 0 Å². The van der Waals surface area contributed by atoms with Crippen molar-refractivity contribution in [3.8, 4) is 5.75 Å². The quantitative estimate of drug-likeness (QED) is 0.894. The van der Waals surface area contributed by atoms with Crippen LogP contribution >= 0.6 is 0 Å². The molecular formula is C17H27NO2. The lowest BCUT2D eigenvalue weighted by Gasteiger charge is -2.28. The van der Waals surface area contributed by atoms with Gasteiger partial charge in [0.25, 0.3) is 0 Å². The summed E-state index contributed by atoms with van der Waals surface area (Å²) >= 11 is 0. The number of hydrogen-bond donors (Lipinski definition) is 1. The smallest absolute Gasteiger partial charge is 0.126 e. The van der Waals surface area contributed by atoms with Gasteiger partial charge >= 0.3 is 0 Å². The lowest BCUT2D eigenvalue weighted by Crippen LogP contribution is -2.40. The molecule has 1 N–H and O–H groups in total. The van der Waals surface area contributed by atoms with Crippen molar-refractivity contribution < 1.29 is 9.47 Å². The molecule has 0 fully saturated rings. The normalized spacial score (nSPS) is 20.1. The lowest BCUT2D eigenvalue weighted by atomic mass is 9.96. The molecule has 1 aromatic carbocycles. The van der Waals surface area contributed by atoms with Gasteiger partial charge < -0.3 is 14.8 Å². The first-order valence-electron chi connectivity index (χ1n) is 7.60. The van der Waals surface area contributed by atoms with Gasteiger partial charge in [0.15, 0.2) is 0 Å². The van der Waals surface area contributed by atoms with E-state index in [4.69, 9.17) is 9.47 Å². The summed E-state index contributed by atoms with van der Waals surface area (Å²) in [6.45, 7) is 8.15. The minimum atomic E-state index is 0.356. The Labute approximate surface area is 122 Å². The first-order chi connectivity index (χ1) is 9.63. The third-order valence-electron chi connectivity index (χ3n) is 4.07. The second kappa shape index (κ2) is 7.09. The average molecular weight is 277 g/mol. The maximum absolute atomic E-state index is 5.94. The number of nitrogens with one attached hydrogen (secondary N) is 1. The maximum Gasteiger partial charge on any atom is 0.126 e. The molecule has 0 aromatic heterocycles. The number of benzene rings is 1. The Morgan fingerprint density at radius 1 is 1.40 bits per heavy atom. The minimum absolute atomic E-state index is 0.356. The molecule has 3 nitrogen and oxygen atoms in total. The summed E-state index contributed by atoms with van der Waals surface area (Å²) in [5.74, 6) is 1.62. The van der Waals surface area contributed by atoms with Crippen molar-refractivity contribution in [2.75, 3.05) is 20.3 Å². The fraction of sp³-hybridized carbons (Fsp3) is 0.647. The maximum atomic E-state index is 5.94. The van der Waals surface area contributed by atoms with E-state index in [1.54, 1.807) is 7.11 Å². The Morgan fingerprint density at radius 3 is 2.90 bits per heavy atom. The van der Waals surface area contributed by atoms with Crippen molar-refractivity contribution >= 4 is 0 Å². The van der Waals surface area contributed by atoms with Crippen LogP contribution in [-0.4, -0.2) is 26.4 Å². The number of aryl methyl sites for hydroxylation is 1. The van der Waals surface area contributed by atoms with Crippen molar-refractivity contribution in [2.45, 2.75) is 45.7 Å². The monoisotopic (exact) mass is 277 g/mol. The minimum Gasteiger partial charge on any atom is -0.493 e. The van der Waals surface area contributed by atoms with Crippen molar-refractivity contribution in [1.29, 1.82) is 0 Å². The molecule has 0 amide bonds. The van der Waals surface area contributed by atoms with Crippen LogP contribution in [0.5, 0.6) is 5.75 Å². The zero-order valence-electron chi connectivity index (χ0n) is 13.1. The largest absolute Gasteiger partial charge is 0.493 e. The molecular weight excluding hydrogens is 250 g/mol. The molecule has 0 saturated carbocycles. The number of para-hydroxylation sites is 1. The van der Waals surface area contributed by atoms with Gasteiger partial charge in [-0.05, 0) is 31.2 Å². The predicted molar refractivity (Wildman–Crippen MR) is 82.3 cm³/mol. The number of hydrogen-bond acceptors (Lipinski definition) is 3. The highest BCUT2D eigenvalue weighted by molar-refractivity contribution is 5.43. The molecule has 0 radical (unpaired) electrons. The van der Waals surface area contributed by atoms with E-state index in [2.05, 4.69) is 44.3 Å². The van der Waals surface area contributed by atoms with Crippen LogP contribution < -0.4 is 10.1 Å². The number of fused-ring (bicyclic) bond motifs is 1. The standard InChI is InChI=1S/C17H27NO2/c1-12(2)16(11-19-4)18-15-9-6-10-20-17-13(3)7-5-8-14(15)17/h5,7-8,12,15-16,18H,6,9-11H2,1-4H3. The summed E-state index contributed by atoms with van der Waals surface area (Å²) < 4.78 is 11.3. The highest BCUT2D eigenvalue weighted by Crippen LogP contribution is 2.34. The molecule has 2 atom stereocenters. The van der Waals surface area contributed by atoms with Crippen molar-refractivity contribution in [2.24, 2.45) is 5.92 Å². The van der Waals surface area contributed by atoms with Crippen LogP contribution in [0.4, 0.5) is 0 Å². The first kappa shape index (κ1) is 15.3. The number of rotatable bonds is 5. The topological polar surface area (TPSA) is 30.5 Å². The van der Waals surface area contributed by atoms with Crippen LogP contribution in [0.15, 0.2) is 18.2 Å². The fourth-order valence-electron chi connectivity index (χ4n) is 2.81. The van der Waals surface area contributed by atoms with Gasteiger partial charge in [-0.2, -0.15) is 0 Å². The van der Waals surface area contributed by atoms with Gasteiger partial charge in [-0.25, -0.2) is 0 Å². The Hall–Kier alpha value is -1.06. The summed E-state index contributed by atoms with van der Waals surface area (Å²) in [5, 5.41) is 3.77. The molecule has 0 saturated heterocycles. The molecule has 20 heavy (non-hydrogen) atoms. The molecule has 3 heteroatoms. The third kappa shape index (κ3) is 3.53. The van der Waals surface area contributed by atoms with Gasteiger partial charge in [-0.3, -0.25) is 0 Å². The van der Waals surface area contributed by atoms with Crippen LogP contribution in [-0.2, 0) is 4.74 Å². The third-order valence-corrected chi connectivity index (χ3v) is 4.07. The molecule has 0 aliphatic carbocycles. The van der Waals surface area contributed by atoms with E-state index < -0.39 is 0 Å². The fourth-order valence-corrected chi connectivity index (χ4v) is 2.81. The Balaban J connectivity index is 2.21. The summed E-state index contributed by atoms with van der Waals surface area (Å²) in [4.78, 5) is 0. The summed E-state index contributed by atoms with van der Waals surface area (Å²) in [6, 6.07) is 7.16. The molecule has 2 rings (SSSR count). The van der Waals surface area contributed by atoms with Crippen LogP contribution in [0.1, 0.15) is 43.9 Å². The molecule has 112 valence electrons. The van der Waals surface area contributed by atoms with E-state index in [1.807, 2.05) is 0 Å². The van der Waals surface area contributed by atoms with Gasteiger partial charge in [0.05, 0.1) is 13.2 Å². The molecule has 1 heterocycles.